The Labute approximate surface area is 98.3 Å². The Balaban J connectivity index is 1.74. The maximum atomic E-state index is 4.51. The zero-order valence-electron chi connectivity index (χ0n) is 10.7. The quantitative estimate of drug-likeness (QED) is 0.616. The highest BCUT2D eigenvalue weighted by molar-refractivity contribution is 4.98. The van der Waals surface area contributed by atoms with Crippen molar-refractivity contribution < 1.29 is 0 Å². The first-order valence-electron chi connectivity index (χ1n) is 6.76. The summed E-state index contributed by atoms with van der Waals surface area (Å²) in [6.45, 7) is 6.73. The Bertz CT molecular complexity index is 305. The summed E-state index contributed by atoms with van der Waals surface area (Å²) in [5.74, 6) is 2.09. The van der Waals surface area contributed by atoms with Crippen LogP contribution < -0.4 is 0 Å². The highest BCUT2D eigenvalue weighted by atomic mass is 15.6. The van der Waals surface area contributed by atoms with Crippen molar-refractivity contribution in [3.8, 4) is 0 Å². The fraction of sp³-hybridized carbons (Fsp3) is 1.00. The second kappa shape index (κ2) is 3.44. The van der Waals surface area contributed by atoms with Gasteiger partial charge in [-0.1, -0.05) is 5.22 Å². The molecular weight excluding hydrogens is 198 g/mol. The molecule has 0 amide bonds. The second-order valence-corrected chi connectivity index (χ2v) is 6.77. The van der Waals surface area contributed by atoms with Gasteiger partial charge in [0.1, 0.15) is 0 Å². The monoisotopic (exact) mass is 221 g/mol. The lowest BCUT2D eigenvalue weighted by molar-refractivity contribution is 0.0863. The van der Waals surface area contributed by atoms with E-state index in [-0.39, 0.29) is 5.54 Å². The van der Waals surface area contributed by atoms with Crippen molar-refractivity contribution in [3.63, 3.8) is 0 Å². The van der Waals surface area contributed by atoms with E-state index in [0.29, 0.717) is 12.1 Å². The third kappa shape index (κ3) is 1.74. The summed E-state index contributed by atoms with van der Waals surface area (Å²) in [5.41, 5.74) is 0.130. The van der Waals surface area contributed by atoms with Crippen molar-refractivity contribution in [3.05, 3.63) is 0 Å². The highest BCUT2D eigenvalue weighted by Gasteiger charge is 2.44. The summed E-state index contributed by atoms with van der Waals surface area (Å²) in [7, 11) is 0. The van der Waals surface area contributed by atoms with E-state index >= 15 is 0 Å². The molecular formula is C13H23N3. The molecule has 3 nitrogen and oxygen atoms in total. The lowest BCUT2D eigenvalue weighted by Gasteiger charge is -2.36. The van der Waals surface area contributed by atoms with Crippen molar-refractivity contribution in [2.45, 2.75) is 70.5 Å². The van der Waals surface area contributed by atoms with Crippen LogP contribution in [0.1, 0.15) is 52.9 Å². The minimum atomic E-state index is 0.130. The maximum absolute atomic E-state index is 4.51. The summed E-state index contributed by atoms with van der Waals surface area (Å²) in [5, 5.41) is 11.2. The molecule has 4 unspecified atom stereocenters. The summed E-state index contributed by atoms with van der Waals surface area (Å²) in [6.07, 6.45) is 6.86. The fourth-order valence-electron chi connectivity index (χ4n) is 3.41. The molecule has 0 bridgehead atoms. The molecule has 0 aromatic heterocycles. The van der Waals surface area contributed by atoms with E-state index in [4.69, 9.17) is 0 Å². The van der Waals surface area contributed by atoms with Crippen LogP contribution in [-0.2, 0) is 0 Å². The summed E-state index contributed by atoms with van der Waals surface area (Å²) < 4.78 is 0. The van der Waals surface area contributed by atoms with Gasteiger partial charge in [-0.25, -0.2) is 0 Å². The van der Waals surface area contributed by atoms with Crippen molar-refractivity contribution >= 4 is 0 Å². The Hall–Kier alpha value is -0.600. The average molecular weight is 221 g/mol. The van der Waals surface area contributed by atoms with Gasteiger partial charge in [-0.05, 0) is 64.7 Å². The average Bonchev–Trinajstić information content (AvgIpc) is 2.76. The van der Waals surface area contributed by atoms with Crippen molar-refractivity contribution in [2.75, 3.05) is 0 Å². The van der Waals surface area contributed by atoms with Crippen LogP contribution in [0.4, 0.5) is 0 Å². The van der Waals surface area contributed by atoms with Gasteiger partial charge in [0, 0.05) is 0 Å². The largest absolute Gasteiger partial charge is 0.268 e. The van der Waals surface area contributed by atoms with Crippen LogP contribution in [0.25, 0.3) is 0 Å². The second-order valence-electron chi connectivity index (χ2n) is 6.77. The maximum Gasteiger partial charge on any atom is 0.0950 e. The van der Waals surface area contributed by atoms with E-state index in [1.807, 2.05) is 0 Å². The smallest absolute Gasteiger partial charge is 0.0950 e. The first-order chi connectivity index (χ1) is 7.55. The molecule has 2 fully saturated rings. The van der Waals surface area contributed by atoms with Crippen LogP contribution >= 0.6 is 0 Å². The molecule has 0 aromatic carbocycles. The molecule has 3 heteroatoms. The molecule has 1 heterocycles. The zero-order chi connectivity index (χ0) is 11.3. The number of rotatable bonds is 0. The highest BCUT2D eigenvalue weighted by Crippen LogP contribution is 2.49. The molecule has 2 aliphatic carbocycles. The van der Waals surface area contributed by atoms with Crippen LogP contribution in [-0.4, -0.2) is 22.6 Å². The standard InChI is InChI=1S/C13H23N3/c1-13(2,3)16-12-7-5-10-8-9(10)4-6-11(12)14-15-16/h9-12H,4-8H2,1-3H3. The molecule has 4 atom stereocenters. The van der Waals surface area contributed by atoms with Crippen molar-refractivity contribution in [2.24, 2.45) is 22.2 Å². The van der Waals surface area contributed by atoms with E-state index < -0.39 is 0 Å². The molecule has 3 aliphatic rings. The minimum absolute atomic E-state index is 0.130. The van der Waals surface area contributed by atoms with E-state index in [2.05, 4.69) is 36.1 Å². The third-order valence-corrected chi connectivity index (χ3v) is 4.48. The number of hydrogen-bond donors (Lipinski definition) is 0. The van der Waals surface area contributed by atoms with Gasteiger partial charge in [-0.3, -0.25) is 5.01 Å². The number of nitrogens with zero attached hydrogens (tertiary/aromatic N) is 3. The predicted molar refractivity (Wildman–Crippen MR) is 64.1 cm³/mol. The number of hydrogen-bond acceptors (Lipinski definition) is 3. The van der Waals surface area contributed by atoms with Crippen molar-refractivity contribution in [1.29, 1.82) is 0 Å². The van der Waals surface area contributed by atoms with Gasteiger partial charge in [0.2, 0.25) is 0 Å². The first-order valence-corrected chi connectivity index (χ1v) is 6.76. The third-order valence-electron chi connectivity index (χ3n) is 4.48. The fourth-order valence-corrected chi connectivity index (χ4v) is 3.41. The van der Waals surface area contributed by atoms with Gasteiger partial charge in [0.15, 0.2) is 0 Å². The van der Waals surface area contributed by atoms with Crippen LogP contribution in [0.3, 0.4) is 0 Å². The van der Waals surface area contributed by atoms with Gasteiger partial charge >= 0.3 is 0 Å². The molecule has 0 radical (unpaired) electrons. The zero-order valence-corrected chi connectivity index (χ0v) is 10.7. The van der Waals surface area contributed by atoms with Crippen LogP contribution in [0.5, 0.6) is 0 Å². The molecule has 3 rings (SSSR count). The molecule has 0 N–H and O–H groups in total. The topological polar surface area (TPSA) is 28.0 Å². The molecule has 0 spiro atoms. The van der Waals surface area contributed by atoms with Gasteiger partial charge in [0.25, 0.3) is 0 Å². The predicted octanol–water partition coefficient (Wildman–Crippen LogP) is 3.42. The van der Waals surface area contributed by atoms with Crippen molar-refractivity contribution in [1.82, 2.24) is 5.01 Å². The van der Waals surface area contributed by atoms with E-state index in [0.717, 1.165) is 11.8 Å². The van der Waals surface area contributed by atoms with Crippen LogP contribution in [0, 0.1) is 11.8 Å². The van der Waals surface area contributed by atoms with Gasteiger partial charge < -0.3 is 0 Å². The molecule has 0 saturated heterocycles. The molecule has 0 aromatic rings. The van der Waals surface area contributed by atoms with E-state index in [1.54, 1.807) is 0 Å². The Morgan fingerprint density at radius 3 is 2.38 bits per heavy atom. The molecule has 1 aliphatic heterocycles. The lowest BCUT2D eigenvalue weighted by Crippen LogP contribution is -2.46. The van der Waals surface area contributed by atoms with Crippen LogP contribution in [0.15, 0.2) is 10.3 Å². The minimum Gasteiger partial charge on any atom is -0.268 e. The first kappa shape index (κ1) is 10.5. The Morgan fingerprint density at radius 2 is 1.69 bits per heavy atom. The summed E-state index contributed by atoms with van der Waals surface area (Å²) >= 11 is 0. The SMILES string of the molecule is CC(C)(C)N1N=NC2CCC3CC3CCC21. The van der Waals surface area contributed by atoms with E-state index in [1.165, 1.54) is 32.1 Å². The van der Waals surface area contributed by atoms with Gasteiger partial charge in [-0.15, -0.1) is 0 Å². The Morgan fingerprint density at radius 1 is 1.00 bits per heavy atom. The normalized spacial score (nSPS) is 42.3. The van der Waals surface area contributed by atoms with Crippen LogP contribution in [0.2, 0.25) is 0 Å². The Kier molecular flexibility index (Phi) is 2.27. The molecule has 90 valence electrons. The van der Waals surface area contributed by atoms with Gasteiger partial charge in [-0.2, -0.15) is 5.11 Å². The summed E-state index contributed by atoms with van der Waals surface area (Å²) in [4.78, 5) is 0. The van der Waals surface area contributed by atoms with E-state index in [9.17, 15) is 0 Å². The van der Waals surface area contributed by atoms with Gasteiger partial charge in [0.05, 0.1) is 17.6 Å². The molecule has 2 saturated carbocycles. The summed E-state index contributed by atoms with van der Waals surface area (Å²) in [6, 6.07) is 1.07. The lowest BCUT2D eigenvalue weighted by atomic mass is 9.91. The molecule has 16 heavy (non-hydrogen) atoms. The number of fused-ring (bicyclic) bond motifs is 2.